The van der Waals surface area contributed by atoms with E-state index in [1.807, 2.05) is 0 Å². The van der Waals surface area contributed by atoms with Crippen molar-refractivity contribution in [1.82, 2.24) is 0 Å². The number of hydrogen-bond acceptors (Lipinski definition) is 1. The first-order chi connectivity index (χ1) is 8.97. The second-order valence-electron chi connectivity index (χ2n) is 5.84. The molecule has 1 nitrogen and oxygen atoms in total. The van der Waals surface area contributed by atoms with Crippen LogP contribution in [0, 0.1) is 23.6 Å². The van der Waals surface area contributed by atoms with Gasteiger partial charge in [0.2, 0.25) is 0 Å². The van der Waals surface area contributed by atoms with Crippen LogP contribution in [-0.2, 0) is 11.2 Å². The molecular formula is C16H20ClFO. The van der Waals surface area contributed by atoms with Gasteiger partial charge in [0, 0.05) is 17.4 Å². The second-order valence-corrected chi connectivity index (χ2v) is 6.25. The van der Waals surface area contributed by atoms with Gasteiger partial charge in [-0.25, -0.2) is 4.39 Å². The first-order valence-corrected chi connectivity index (χ1v) is 7.31. The maximum atomic E-state index is 13.0. The molecule has 1 saturated carbocycles. The monoisotopic (exact) mass is 282 g/mol. The van der Waals surface area contributed by atoms with Crippen LogP contribution in [0.4, 0.5) is 4.39 Å². The molecule has 1 fully saturated rings. The highest BCUT2D eigenvalue weighted by Gasteiger charge is 2.29. The van der Waals surface area contributed by atoms with E-state index in [0.717, 1.165) is 24.8 Å². The quantitative estimate of drug-likeness (QED) is 0.788. The molecule has 1 aromatic rings. The van der Waals surface area contributed by atoms with Crippen LogP contribution in [0.1, 0.15) is 38.7 Å². The van der Waals surface area contributed by atoms with Crippen molar-refractivity contribution in [2.75, 3.05) is 0 Å². The normalized spacial score (nSPS) is 27.3. The van der Waals surface area contributed by atoms with E-state index in [0.29, 0.717) is 23.3 Å². The van der Waals surface area contributed by atoms with Gasteiger partial charge in [0.25, 0.3) is 0 Å². The van der Waals surface area contributed by atoms with Crippen molar-refractivity contribution in [3.05, 3.63) is 34.6 Å². The van der Waals surface area contributed by atoms with Gasteiger partial charge in [0.05, 0.1) is 0 Å². The molecule has 0 bridgehead atoms. The second kappa shape index (κ2) is 6.04. The molecule has 2 rings (SSSR count). The zero-order valence-electron chi connectivity index (χ0n) is 11.5. The summed E-state index contributed by atoms with van der Waals surface area (Å²) in [7, 11) is 0. The van der Waals surface area contributed by atoms with E-state index < -0.39 is 0 Å². The van der Waals surface area contributed by atoms with Crippen molar-refractivity contribution >= 4 is 17.4 Å². The number of ketones is 1. The third-order valence-electron chi connectivity index (χ3n) is 4.43. The first-order valence-electron chi connectivity index (χ1n) is 6.94. The molecule has 19 heavy (non-hydrogen) atoms. The lowest BCUT2D eigenvalue weighted by Gasteiger charge is -2.31. The molecule has 0 aromatic heterocycles. The highest BCUT2D eigenvalue weighted by atomic mass is 35.5. The number of benzene rings is 1. The van der Waals surface area contributed by atoms with Crippen molar-refractivity contribution < 1.29 is 9.18 Å². The third kappa shape index (κ3) is 3.56. The standard InChI is InChI=1S/C16H20ClFO/c1-10-3-4-13(7-11(10)2)16(19)8-12-5-6-14(18)9-15(12)17/h5-6,9-11,13H,3-4,7-8H2,1-2H3. The number of Topliss-reactive ketones (excluding diaryl/α,β-unsaturated/α-hetero) is 1. The highest BCUT2D eigenvalue weighted by Crippen LogP contribution is 2.34. The molecule has 3 atom stereocenters. The lowest BCUT2D eigenvalue weighted by molar-refractivity contribution is -0.123. The molecule has 1 aliphatic rings. The summed E-state index contributed by atoms with van der Waals surface area (Å²) in [6, 6.07) is 4.25. The molecule has 1 aromatic carbocycles. The Morgan fingerprint density at radius 2 is 2.05 bits per heavy atom. The van der Waals surface area contributed by atoms with Crippen molar-refractivity contribution in [1.29, 1.82) is 0 Å². The van der Waals surface area contributed by atoms with Crippen molar-refractivity contribution in [2.45, 2.75) is 39.5 Å². The number of halogens is 2. The van der Waals surface area contributed by atoms with Crippen LogP contribution in [-0.4, -0.2) is 5.78 Å². The molecule has 0 spiro atoms. The molecule has 104 valence electrons. The van der Waals surface area contributed by atoms with Gasteiger partial charge in [-0.3, -0.25) is 4.79 Å². The fourth-order valence-corrected chi connectivity index (χ4v) is 3.07. The zero-order chi connectivity index (χ0) is 14.0. The summed E-state index contributed by atoms with van der Waals surface area (Å²) >= 11 is 5.97. The molecule has 0 aliphatic heterocycles. The summed E-state index contributed by atoms with van der Waals surface area (Å²) < 4.78 is 13.0. The summed E-state index contributed by atoms with van der Waals surface area (Å²) in [6.45, 7) is 4.47. The van der Waals surface area contributed by atoms with Gasteiger partial charge in [-0.15, -0.1) is 0 Å². The van der Waals surface area contributed by atoms with Gasteiger partial charge in [0.15, 0.2) is 0 Å². The van der Waals surface area contributed by atoms with E-state index in [2.05, 4.69) is 13.8 Å². The number of rotatable bonds is 3. The maximum Gasteiger partial charge on any atom is 0.140 e. The molecule has 3 unspecified atom stereocenters. The smallest absolute Gasteiger partial charge is 0.140 e. The topological polar surface area (TPSA) is 17.1 Å². The summed E-state index contributed by atoms with van der Waals surface area (Å²) in [4.78, 5) is 12.3. The van der Waals surface area contributed by atoms with Gasteiger partial charge in [-0.2, -0.15) is 0 Å². The van der Waals surface area contributed by atoms with E-state index in [1.165, 1.54) is 12.1 Å². The van der Waals surface area contributed by atoms with Crippen LogP contribution >= 0.6 is 11.6 Å². The minimum Gasteiger partial charge on any atom is -0.299 e. The predicted octanol–water partition coefficient (Wildman–Crippen LogP) is 4.66. The van der Waals surface area contributed by atoms with Crippen molar-refractivity contribution in [2.24, 2.45) is 17.8 Å². The van der Waals surface area contributed by atoms with Crippen LogP contribution in [0.5, 0.6) is 0 Å². The van der Waals surface area contributed by atoms with Gasteiger partial charge in [0.1, 0.15) is 11.6 Å². The summed E-state index contributed by atoms with van der Waals surface area (Å²) in [5.41, 5.74) is 0.736. The molecule has 3 heteroatoms. The Morgan fingerprint density at radius 3 is 2.68 bits per heavy atom. The Kier molecular flexibility index (Phi) is 4.62. The lowest BCUT2D eigenvalue weighted by Crippen LogP contribution is -2.27. The van der Waals surface area contributed by atoms with Crippen LogP contribution in [0.25, 0.3) is 0 Å². The lowest BCUT2D eigenvalue weighted by atomic mass is 9.73. The Bertz CT molecular complexity index is 472. The Morgan fingerprint density at radius 1 is 1.32 bits per heavy atom. The molecule has 1 aliphatic carbocycles. The highest BCUT2D eigenvalue weighted by molar-refractivity contribution is 6.31. The molecule has 0 N–H and O–H groups in total. The van der Waals surface area contributed by atoms with Gasteiger partial charge in [-0.05, 0) is 48.8 Å². The molecule has 0 saturated heterocycles. The number of carbonyl (C=O) groups is 1. The Labute approximate surface area is 119 Å². The number of carbonyl (C=O) groups excluding carboxylic acids is 1. The average Bonchev–Trinajstić information content (AvgIpc) is 2.36. The largest absolute Gasteiger partial charge is 0.299 e. The third-order valence-corrected chi connectivity index (χ3v) is 4.79. The van der Waals surface area contributed by atoms with Gasteiger partial charge >= 0.3 is 0 Å². The van der Waals surface area contributed by atoms with Gasteiger partial charge in [-0.1, -0.05) is 31.5 Å². The van der Waals surface area contributed by atoms with Crippen LogP contribution in [0.2, 0.25) is 5.02 Å². The molecule has 0 heterocycles. The minimum absolute atomic E-state index is 0.146. The predicted molar refractivity (Wildman–Crippen MR) is 75.8 cm³/mol. The molecular weight excluding hydrogens is 263 g/mol. The van der Waals surface area contributed by atoms with Crippen LogP contribution in [0.15, 0.2) is 18.2 Å². The van der Waals surface area contributed by atoms with Gasteiger partial charge < -0.3 is 0 Å². The summed E-state index contributed by atoms with van der Waals surface area (Å²) in [5.74, 6) is 1.34. The number of hydrogen-bond donors (Lipinski definition) is 0. The molecule has 0 radical (unpaired) electrons. The van der Waals surface area contributed by atoms with E-state index in [-0.39, 0.29) is 17.5 Å². The SMILES string of the molecule is CC1CCC(C(=O)Cc2ccc(F)cc2Cl)CC1C. The fraction of sp³-hybridized carbons (Fsp3) is 0.562. The van der Waals surface area contributed by atoms with E-state index in [4.69, 9.17) is 11.6 Å². The average molecular weight is 283 g/mol. The molecule has 0 amide bonds. The van der Waals surface area contributed by atoms with Crippen molar-refractivity contribution in [3.8, 4) is 0 Å². The maximum absolute atomic E-state index is 13.0. The Balaban J connectivity index is 2.01. The Hall–Kier alpha value is -0.890. The van der Waals surface area contributed by atoms with Crippen LogP contribution in [0.3, 0.4) is 0 Å². The zero-order valence-corrected chi connectivity index (χ0v) is 12.2. The van der Waals surface area contributed by atoms with E-state index >= 15 is 0 Å². The summed E-state index contributed by atoms with van der Waals surface area (Å²) in [5, 5.41) is 0.352. The summed E-state index contributed by atoms with van der Waals surface area (Å²) in [6.07, 6.45) is 3.39. The fourth-order valence-electron chi connectivity index (χ4n) is 2.84. The van der Waals surface area contributed by atoms with E-state index in [9.17, 15) is 9.18 Å². The van der Waals surface area contributed by atoms with Crippen molar-refractivity contribution in [3.63, 3.8) is 0 Å². The first kappa shape index (κ1) is 14.5. The van der Waals surface area contributed by atoms with Crippen LogP contribution < -0.4 is 0 Å². The minimum atomic E-state index is -0.360. The van der Waals surface area contributed by atoms with E-state index in [1.54, 1.807) is 6.07 Å².